The fourth-order valence-corrected chi connectivity index (χ4v) is 4.86. The number of carbonyl (C=O) groups excluding carboxylic acids is 2. The third-order valence-corrected chi connectivity index (χ3v) is 6.81. The van der Waals surface area contributed by atoms with Gasteiger partial charge in [-0.3, -0.25) is 4.79 Å². The number of amides is 3. The number of aryl methyl sites for hydroxylation is 2. The van der Waals surface area contributed by atoms with Crippen molar-refractivity contribution in [3.05, 3.63) is 108 Å². The molecule has 0 spiro atoms. The minimum Gasteiger partial charge on any atom is -0.315 e. The van der Waals surface area contributed by atoms with E-state index in [4.69, 9.17) is 5.10 Å². The van der Waals surface area contributed by atoms with Crippen molar-refractivity contribution < 1.29 is 9.59 Å². The average molecular weight is 532 g/mol. The van der Waals surface area contributed by atoms with Crippen LogP contribution in [0.5, 0.6) is 0 Å². The number of aromatic nitrogens is 2. The number of nitrogens with zero attached hydrogens (tertiary/aromatic N) is 3. The smallest absolute Gasteiger partial charge is 0.315 e. The monoisotopic (exact) mass is 531 g/mol. The van der Waals surface area contributed by atoms with Gasteiger partial charge in [-0.1, -0.05) is 91.3 Å². The van der Waals surface area contributed by atoms with Gasteiger partial charge in [0.2, 0.25) is 5.91 Å². The molecule has 7 heteroatoms. The minimum absolute atomic E-state index is 0.100. The molecule has 4 aromatic carbocycles. The van der Waals surface area contributed by atoms with E-state index in [-0.39, 0.29) is 18.5 Å². The van der Waals surface area contributed by atoms with Crippen molar-refractivity contribution >= 4 is 34.2 Å². The Morgan fingerprint density at radius 1 is 0.825 bits per heavy atom. The first kappa shape index (κ1) is 26.7. The van der Waals surface area contributed by atoms with Crippen molar-refractivity contribution in [3.63, 3.8) is 0 Å². The van der Waals surface area contributed by atoms with Crippen LogP contribution in [0.25, 0.3) is 27.6 Å². The van der Waals surface area contributed by atoms with E-state index in [0.717, 1.165) is 38.8 Å². The van der Waals surface area contributed by atoms with E-state index in [1.165, 1.54) is 0 Å². The molecule has 0 aliphatic carbocycles. The Kier molecular flexibility index (Phi) is 7.92. The van der Waals surface area contributed by atoms with Crippen LogP contribution in [0, 0.1) is 13.8 Å². The van der Waals surface area contributed by atoms with Crippen LogP contribution in [-0.4, -0.2) is 39.7 Å². The van der Waals surface area contributed by atoms with Gasteiger partial charge in [0, 0.05) is 17.5 Å². The summed E-state index contributed by atoms with van der Waals surface area (Å²) in [7, 11) is 0. The maximum Gasteiger partial charge on any atom is 0.322 e. The zero-order valence-electron chi connectivity index (χ0n) is 23.0. The highest BCUT2D eigenvalue weighted by Gasteiger charge is 2.23. The Morgan fingerprint density at radius 2 is 1.52 bits per heavy atom. The van der Waals surface area contributed by atoms with Crippen LogP contribution >= 0.6 is 0 Å². The van der Waals surface area contributed by atoms with Gasteiger partial charge in [0.1, 0.15) is 12.4 Å². The molecule has 1 heterocycles. The summed E-state index contributed by atoms with van der Waals surface area (Å²) in [6.07, 6.45) is 0.714. The van der Waals surface area contributed by atoms with Crippen molar-refractivity contribution in [1.29, 1.82) is 0 Å². The predicted octanol–water partition coefficient (Wildman–Crippen LogP) is 7.19. The molecule has 0 aliphatic rings. The van der Waals surface area contributed by atoms with Gasteiger partial charge in [0.05, 0.1) is 17.1 Å². The Labute approximate surface area is 234 Å². The summed E-state index contributed by atoms with van der Waals surface area (Å²) in [6, 6.07) is 31.2. The SMILES string of the molecule is CCCN(CC(=O)Nc1c(-c2ccccc2)c(C)nn1-c1ccc(C)cc1)C(=O)Nc1cccc2ccccc12. The first-order chi connectivity index (χ1) is 19.4. The number of carbonyl (C=O) groups is 2. The Balaban J connectivity index is 1.42. The highest BCUT2D eigenvalue weighted by molar-refractivity contribution is 6.03. The number of nitrogens with one attached hydrogen (secondary N) is 2. The standard InChI is InChI=1S/C33H33N5O2/c1-4-21-37(33(40)34-29-16-10-14-25-11-8-9-15-28(25)29)22-30(39)35-32-31(26-12-6-5-7-13-26)24(3)36-38(32)27-19-17-23(2)18-20-27/h5-20H,4,21-22H2,1-3H3,(H,34,40)(H,35,39). The first-order valence-corrected chi connectivity index (χ1v) is 13.5. The molecule has 3 amide bonds. The van der Waals surface area contributed by atoms with Crippen molar-refractivity contribution in [2.24, 2.45) is 0 Å². The molecule has 0 fully saturated rings. The maximum atomic E-state index is 13.5. The number of urea groups is 1. The van der Waals surface area contributed by atoms with Gasteiger partial charge in [-0.25, -0.2) is 9.48 Å². The van der Waals surface area contributed by atoms with E-state index >= 15 is 0 Å². The molecule has 0 aliphatic heterocycles. The molecule has 202 valence electrons. The molecule has 5 aromatic rings. The predicted molar refractivity (Wildman–Crippen MR) is 162 cm³/mol. The van der Waals surface area contributed by atoms with Gasteiger partial charge in [-0.15, -0.1) is 0 Å². The fraction of sp³-hybridized carbons (Fsp3) is 0.182. The Morgan fingerprint density at radius 3 is 2.27 bits per heavy atom. The van der Waals surface area contributed by atoms with Crippen LogP contribution in [0.1, 0.15) is 24.6 Å². The van der Waals surface area contributed by atoms with Crippen molar-refractivity contribution in [2.75, 3.05) is 23.7 Å². The molecule has 5 rings (SSSR count). The fourth-order valence-electron chi connectivity index (χ4n) is 4.86. The van der Waals surface area contributed by atoms with Gasteiger partial charge >= 0.3 is 6.03 Å². The first-order valence-electron chi connectivity index (χ1n) is 13.5. The van der Waals surface area contributed by atoms with E-state index in [2.05, 4.69) is 10.6 Å². The second-order valence-electron chi connectivity index (χ2n) is 9.85. The lowest BCUT2D eigenvalue weighted by Gasteiger charge is -2.23. The average Bonchev–Trinajstić information content (AvgIpc) is 3.29. The molecule has 0 atom stereocenters. The lowest BCUT2D eigenvalue weighted by Crippen LogP contribution is -2.41. The highest BCUT2D eigenvalue weighted by Crippen LogP contribution is 2.33. The molecule has 7 nitrogen and oxygen atoms in total. The molecule has 0 bridgehead atoms. The molecule has 1 aromatic heterocycles. The zero-order chi connectivity index (χ0) is 28.1. The lowest BCUT2D eigenvalue weighted by atomic mass is 10.1. The van der Waals surface area contributed by atoms with Crippen LogP contribution in [0.4, 0.5) is 16.3 Å². The largest absolute Gasteiger partial charge is 0.322 e. The zero-order valence-corrected chi connectivity index (χ0v) is 23.0. The van der Waals surface area contributed by atoms with E-state index in [9.17, 15) is 9.59 Å². The molecule has 0 radical (unpaired) electrons. The molecular weight excluding hydrogens is 498 g/mol. The Hall–Kier alpha value is -4.91. The molecule has 2 N–H and O–H groups in total. The summed E-state index contributed by atoms with van der Waals surface area (Å²) >= 11 is 0. The van der Waals surface area contributed by atoms with Crippen LogP contribution in [0.2, 0.25) is 0 Å². The number of benzene rings is 4. The molecule has 0 saturated heterocycles. The maximum absolute atomic E-state index is 13.5. The lowest BCUT2D eigenvalue weighted by molar-refractivity contribution is -0.116. The van der Waals surface area contributed by atoms with Crippen molar-refractivity contribution in [2.45, 2.75) is 27.2 Å². The van der Waals surface area contributed by atoms with Gasteiger partial charge in [-0.2, -0.15) is 5.10 Å². The molecule has 0 unspecified atom stereocenters. The normalized spacial score (nSPS) is 10.9. The summed E-state index contributed by atoms with van der Waals surface area (Å²) in [4.78, 5) is 28.4. The summed E-state index contributed by atoms with van der Waals surface area (Å²) in [5.41, 5.74) is 5.27. The second kappa shape index (κ2) is 11.9. The minimum atomic E-state index is -0.320. The number of anilines is 2. The third kappa shape index (κ3) is 5.73. The molecule has 40 heavy (non-hydrogen) atoms. The quantitative estimate of drug-likeness (QED) is 0.222. The summed E-state index contributed by atoms with van der Waals surface area (Å²) in [5.74, 6) is 0.274. The number of fused-ring (bicyclic) bond motifs is 1. The molecule has 0 saturated carbocycles. The summed E-state index contributed by atoms with van der Waals surface area (Å²) < 4.78 is 1.76. The van der Waals surface area contributed by atoms with Gasteiger partial charge < -0.3 is 15.5 Å². The summed E-state index contributed by atoms with van der Waals surface area (Å²) in [6.45, 7) is 6.29. The van der Waals surface area contributed by atoms with Crippen molar-refractivity contribution in [1.82, 2.24) is 14.7 Å². The topological polar surface area (TPSA) is 79.3 Å². The summed E-state index contributed by atoms with van der Waals surface area (Å²) in [5, 5.41) is 12.9. The number of rotatable bonds is 8. The van der Waals surface area contributed by atoms with Crippen LogP contribution in [0.15, 0.2) is 97.1 Å². The number of hydrogen-bond donors (Lipinski definition) is 2. The third-order valence-electron chi connectivity index (χ3n) is 6.81. The van der Waals surface area contributed by atoms with Gasteiger partial charge in [-0.05, 0) is 49.4 Å². The van der Waals surface area contributed by atoms with Crippen molar-refractivity contribution in [3.8, 4) is 16.8 Å². The van der Waals surface area contributed by atoms with Crippen LogP contribution in [-0.2, 0) is 4.79 Å². The highest BCUT2D eigenvalue weighted by atomic mass is 16.2. The Bertz CT molecular complexity index is 1640. The van der Waals surface area contributed by atoms with E-state index in [1.807, 2.05) is 118 Å². The van der Waals surface area contributed by atoms with Gasteiger partial charge in [0.25, 0.3) is 0 Å². The van der Waals surface area contributed by atoms with E-state index in [0.29, 0.717) is 24.5 Å². The molecular formula is C33H33N5O2. The van der Waals surface area contributed by atoms with E-state index in [1.54, 1.807) is 9.58 Å². The van der Waals surface area contributed by atoms with Gasteiger partial charge in [0.15, 0.2) is 0 Å². The van der Waals surface area contributed by atoms with Crippen LogP contribution < -0.4 is 10.6 Å². The number of hydrogen-bond acceptors (Lipinski definition) is 3. The van der Waals surface area contributed by atoms with E-state index < -0.39 is 0 Å². The second-order valence-corrected chi connectivity index (χ2v) is 9.85. The van der Waals surface area contributed by atoms with Crippen LogP contribution in [0.3, 0.4) is 0 Å².